The Morgan fingerprint density at radius 2 is 1.21 bits per heavy atom. The molecule has 1 saturated heterocycles. The first kappa shape index (κ1) is 49.9. The van der Waals surface area contributed by atoms with Crippen molar-refractivity contribution in [3.05, 3.63) is 0 Å². The molecule has 0 aliphatic carbocycles. The molecular formula is C32H54N12O14. The Hall–Kier alpha value is -6.15. The van der Waals surface area contributed by atoms with E-state index in [1.165, 1.54) is 0 Å². The van der Waals surface area contributed by atoms with Gasteiger partial charge in [-0.1, -0.05) is 0 Å². The van der Waals surface area contributed by atoms with E-state index in [1.807, 2.05) is 5.32 Å². The largest absolute Gasteiger partial charge is 0.481 e. The second-order valence-electron chi connectivity index (χ2n) is 13.2. The SMILES string of the molecule is NCCCC[C@H](NC(=O)[C@H](CC(N)=O)NC(=O)[C@H](CC(=O)O)NC(=O)[C@@H](N)CC(=O)O)C(=O)N[C@@H](CCCN=C(N)N)C(=O)N1CCC[C@H]1C(=O)N[C@@H](CO)C(=O)O. The minimum Gasteiger partial charge on any atom is -0.481 e. The molecule has 326 valence electrons. The summed E-state index contributed by atoms with van der Waals surface area (Å²) in [5, 5.41) is 48.0. The molecule has 0 aromatic rings. The van der Waals surface area contributed by atoms with Crippen LogP contribution in [0.2, 0.25) is 0 Å². The van der Waals surface area contributed by atoms with Gasteiger partial charge >= 0.3 is 17.9 Å². The molecule has 26 nitrogen and oxygen atoms in total. The maximum Gasteiger partial charge on any atom is 0.328 e. The van der Waals surface area contributed by atoms with Crippen LogP contribution >= 0.6 is 0 Å². The van der Waals surface area contributed by atoms with E-state index < -0.39 is 127 Å². The zero-order valence-electron chi connectivity index (χ0n) is 31.6. The predicted octanol–water partition coefficient (Wildman–Crippen LogP) is -7.19. The van der Waals surface area contributed by atoms with Crippen LogP contribution in [0.3, 0.4) is 0 Å². The molecule has 1 aliphatic rings. The highest BCUT2D eigenvalue weighted by Crippen LogP contribution is 2.20. The Bertz CT molecular complexity index is 1540. The number of nitrogens with one attached hydrogen (secondary N) is 5. The summed E-state index contributed by atoms with van der Waals surface area (Å²) in [5.41, 5.74) is 27.2. The molecule has 0 spiro atoms. The van der Waals surface area contributed by atoms with Crippen molar-refractivity contribution in [3.8, 4) is 0 Å². The molecule has 26 heteroatoms. The van der Waals surface area contributed by atoms with Crippen molar-refractivity contribution >= 4 is 65.2 Å². The lowest BCUT2D eigenvalue weighted by atomic mass is 10.0. The second kappa shape index (κ2) is 25.2. The molecule has 0 saturated carbocycles. The zero-order chi connectivity index (χ0) is 44.1. The first-order valence-corrected chi connectivity index (χ1v) is 18.1. The lowest BCUT2D eigenvalue weighted by Gasteiger charge is -2.30. The number of carboxylic acid groups (broad SMARTS) is 3. The fourth-order valence-electron chi connectivity index (χ4n) is 5.65. The number of guanidine groups is 1. The number of carboxylic acids is 3. The summed E-state index contributed by atoms with van der Waals surface area (Å²) in [4.78, 5) is 131. The number of rotatable bonds is 27. The van der Waals surface area contributed by atoms with E-state index in [2.05, 4.69) is 26.3 Å². The number of hydrogen-bond acceptors (Lipinski definition) is 14. The predicted molar refractivity (Wildman–Crippen MR) is 198 cm³/mol. The summed E-state index contributed by atoms with van der Waals surface area (Å²) in [5.74, 6) is -12.2. The van der Waals surface area contributed by atoms with Gasteiger partial charge in [0.05, 0.1) is 31.9 Å². The van der Waals surface area contributed by atoms with Crippen LogP contribution in [0, 0.1) is 0 Å². The van der Waals surface area contributed by atoms with Crippen LogP contribution in [0.1, 0.15) is 64.2 Å². The molecule has 1 heterocycles. The van der Waals surface area contributed by atoms with Gasteiger partial charge in [-0.25, -0.2) is 4.79 Å². The van der Waals surface area contributed by atoms with Crippen molar-refractivity contribution in [3.63, 3.8) is 0 Å². The van der Waals surface area contributed by atoms with Gasteiger partial charge < -0.3 is 80.6 Å². The number of aliphatic hydroxyl groups is 1. The number of primary amides is 1. The minimum absolute atomic E-state index is 0.0165. The molecule has 0 aromatic carbocycles. The van der Waals surface area contributed by atoms with Gasteiger partial charge in [0.2, 0.25) is 41.4 Å². The fraction of sp³-hybridized carbons (Fsp3) is 0.656. The van der Waals surface area contributed by atoms with Crippen LogP contribution < -0.4 is 55.3 Å². The van der Waals surface area contributed by atoms with Gasteiger partial charge in [-0.15, -0.1) is 0 Å². The van der Waals surface area contributed by atoms with Gasteiger partial charge in [-0.2, -0.15) is 0 Å². The topological polar surface area (TPSA) is 457 Å². The lowest BCUT2D eigenvalue weighted by Crippen LogP contribution is -2.60. The fourth-order valence-corrected chi connectivity index (χ4v) is 5.65. The molecule has 1 rings (SSSR count). The Balaban J connectivity index is 3.40. The second-order valence-corrected chi connectivity index (χ2v) is 13.2. The maximum absolute atomic E-state index is 13.9. The van der Waals surface area contributed by atoms with E-state index in [0.29, 0.717) is 12.8 Å². The van der Waals surface area contributed by atoms with Gasteiger partial charge in [-0.3, -0.25) is 48.1 Å². The van der Waals surface area contributed by atoms with Crippen LogP contribution in [-0.2, 0) is 47.9 Å². The van der Waals surface area contributed by atoms with E-state index in [4.69, 9.17) is 33.8 Å². The van der Waals surface area contributed by atoms with Crippen molar-refractivity contribution in [2.75, 3.05) is 26.2 Å². The molecular weight excluding hydrogens is 776 g/mol. The van der Waals surface area contributed by atoms with E-state index >= 15 is 0 Å². The Labute approximate surface area is 331 Å². The monoisotopic (exact) mass is 830 g/mol. The standard InChI is InChI=1S/C32H54N12O14/c33-8-2-1-5-16(39-27(53)18(12-22(35)46)42-28(54)19(13-24(49)50)41-25(51)15(34)11-23(47)48)26(52)40-17(6-3-9-38-32(36)37)30(56)44-10-4-7-21(44)29(55)43-20(14-45)31(57)58/h15-21,45H,1-14,33-34H2,(H2,35,46)(H,39,53)(H,40,52)(H,41,51)(H,42,54)(H,43,55)(H,47,48)(H,49,50)(H,57,58)(H4,36,37,38)/t15-,16-,17-,18-,19-,20-,21-/m0/s1. The third kappa shape index (κ3) is 17.8. The molecule has 19 N–H and O–H groups in total. The number of nitrogens with zero attached hydrogens (tertiary/aromatic N) is 2. The van der Waals surface area contributed by atoms with Crippen molar-refractivity contribution in [1.82, 2.24) is 31.5 Å². The third-order valence-electron chi connectivity index (χ3n) is 8.56. The Morgan fingerprint density at radius 1 is 0.672 bits per heavy atom. The average molecular weight is 831 g/mol. The van der Waals surface area contributed by atoms with Crippen LogP contribution in [0.25, 0.3) is 0 Å². The molecule has 1 fully saturated rings. The van der Waals surface area contributed by atoms with Crippen LogP contribution in [-0.4, -0.2) is 159 Å². The van der Waals surface area contributed by atoms with Crippen LogP contribution in [0.4, 0.5) is 0 Å². The normalized spacial score (nSPS) is 16.5. The third-order valence-corrected chi connectivity index (χ3v) is 8.56. The number of amides is 7. The summed E-state index contributed by atoms with van der Waals surface area (Å²) >= 11 is 0. The van der Waals surface area contributed by atoms with Crippen molar-refractivity contribution in [2.24, 2.45) is 33.7 Å². The maximum atomic E-state index is 13.9. The summed E-state index contributed by atoms with van der Waals surface area (Å²) < 4.78 is 0. The zero-order valence-corrected chi connectivity index (χ0v) is 31.6. The number of nitrogens with two attached hydrogens (primary N) is 5. The number of hydrogen-bond donors (Lipinski definition) is 14. The molecule has 7 atom stereocenters. The Morgan fingerprint density at radius 3 is 1.74 bits per heavy atom. The number of aliphatic carboxylic acids is 3. The molecule has 1 aliphatic heterocycles. The molecule has 58 heavy (non-hydrogen) atoms. The quantitative estimate of drug-likeness (QED) is 0.0208. The molecule has 0 radical (unpaired) electrons. The summed E-state index contributed by atoms with van der Waals surface area (Å²) in [6.45, 7) is -0.690. The van der Waals surface area contributed by atoms with Gasteiger partial charge in [-0.05, 0) is 51.5 Å². The van der Waals surface area contributed by atoms with E-state index in [0.717, 1.165) is 4.90 Å². The number of carbonyl (C=O) groups is 10. The average Bonchev–Trinajstić information content (AvgIpc) is 3.63. The first-order valence-electron chi connectivity index (χ1n) is 18.1. The molecule has 0 bridgehead atoms. The van der Waals surface area contributed by atoms with E-state index in [-0.39, 0.29) is 57.7 Å². The van der Waals surface area contributed by atoms with Crippen LogP contribution in [0.5, 0.6) is 0 Å². The summed E-state index contributed by atoms with van der Waals surface area (Å²) in [7, 11) is 0. The number of unbranched alkanes of at least 4 members (excludes halogenated alkanes) is 1. The Kier molecular flexibility index (Phi) is 21.6. The first-order chi connectivity index (χ1) is 27.2. The summed E-state index contributed by atoms with van der Waals surface area (Å²) in [6, 6.07) is -11.1. The van der Waals surface area contributed by atoms with E-state index in [1.54, 1.807) is 0 Å². The molecule has 7 amide bonds. The van der Waals surface area contributed by atoms with Crippen molar-refractivity contribution in [1.29, 1.82) is 0 Å². The molecule has 0 unspecified atom stereocenters. The van der Waals surface area contributed by atoms with Crippen LogP contribution in [0.15, 0.2) is 4.99 Å². The number of aliphatic hydroxyl groups excluding tert-OH is 1. The minimum atomic E-state index is -1.92. The van der Waals surface area contributed by atoms with Gasteiger partial charge in [0.1, 0.15) is 36.3 Å². The number of aliphatic imine (C=N–C) groups is 1. The lowest BCUT2D eigenvalue weighted by molar-refractivity contribution is -0.145. The number of likely N-dealkylation sites (tertiary alicyclic amines) is 1. The van der Waals surface area contributed by atoms with Crippen molar-refractivity contribution < 1.29 is 68.4 Å². The smallest absolute Gasteiger partial charge is 0.328 e. The van der Waals surface area contributed by atoms with Gasteiger partial charge in [0, 0.05) is 13.1 Å². The van der Waals surface area contributed by atoms with Gasteiger partial charge in [0.25, 0.3) is 0 Å². The van der Waals surface area contributed by atoms with Gasteiger partial charge in [0.15, 0.2) is 5.96 Å². The highest BCUT2D eigenvalue weighted by atomic mass is 16.4. The highest BCUT2D eigenvalue weighted by molar-refractivity contribution is 5.99. The highest BCUT2D eigenvalue weighted by Gasteiger charge is 2.40. The van der Waals surface area contributed by atoms with Crippen molar-refractivity contribution in [2.45, 2.75) is 107 Å². The van der Waals surface area contributed by atoms with E-state index in [9.17, 15) is 63.3 Å². The number of carbonyl (C=O) groups excluding carboxylic acids is 7. The summed E-state index contributed by atoms with van der Waals surface area (Å²) in [6.07, 6.45) is -1.86. The molecule has 0 aromatic heterocycles.